The first-order chi connectivity index (χ1) is 13.4. The molecular formula is C21H33N3O3S. The minimum absolute atomic E-state index is 0.0518. The van der Waals surface area contributed by atoms with E-state index in [0.29, 0.717) is 18.2 Å². The average molecular weight is 408 g/mol. The molecule has 7 heteroatoms. The standard InChI is InChI=1S/C21H33N3O3S/c1-17-7-6-14-24(15-17)16-21(25)22-18-10-12-20(13-11-18)28(26,27)23(2)19-8-4-3-5-9-19/h10-13,17,19H,3-9,14-16H2,1-2H3,(H,22,25). The van der Waals surface area contributed by atoms with Crippen LogP contribution in [0.25, 0.3) is 0 Å². The molecule has 1 atom stereocenters. The number of rotatable bonds is 6. The lowest BCUT2D eigenvalue weighted by Gasteiger charge is -2.30. The van der Waals surface area contributed by atoms with E-state index < -0.39 is 10.0 Å². The van der Waals surface area contributed by atoms with E-state index in [1.54, 1.807) is 31.3 Å². The molecule has 6 nitrogen and oxygen atoms in total. The molecule has 1 aromatic carbocycles. The number of piperidine rings is 1. The Balaban J connectivity index is 1.58. The molecule has 1 unspecified atom stereocenters. The van der Waals surface area contributed by atoms with Gasteiger partial charge in [0, 0.05) is 25.3 Å². The molecule has 1 aromatic rings. The summed E-state index contributed by atoms with van der Waals surface area (Å²) >= 11 is 0. The van der Waals surface area contributed by atoms with E-state index in [-0.39, 0.29) is 16.8 Å². The number of hydrogen-bond acceptors (Lipinski definition) is 4. The quantitative estimate of drug-likeness (QED) is 0.785. The van der Waals surface area contributed by atoms with E-state index in [0.717, 1.165) is 45.2 Å². The van der Waals surface area contributed by atoms with Crippen molar-refractivity contribution < 1.29 is 13.2 Å². The third-order valence-electron chi connectivity index (χ3n) is 6.01. The third-order valence-corrected chi connectivity index (χ3v) is 7.94. The van der Waals surface area contributed by atoms with Crippen LogP contribution in [0.3, 0.4) is 0 Å². The number of hydrogen-bond donors (Lipinski definition) is 1. The minimum Gasteiger partial charge on any atom is -0.325 e. The van der Waals surface area contributed by atoms with Crippen molar-refractivity contribution >= 4 is 21.6 Å². The van der Waals surface area contributed by atoms with Gasteiger partial charge in [0.2, 0.25) is 15.9 Å². The minimum atomic E-state index is -3.50. The zero-order chi connectivity index (χ0) is 20.1. The van der Waals surface area contributed by atoms with Crippen LogP contribution >= 0.6 is 0 Å². The Bertz CT molecular complexity index is 758. The van der Waals surface area contributed by atoms with Gasteiger partial charge in [-0.3, -0.25) is 9.69 Å². The molecule has 1 saturated heterocycles. The Kier molecular flexibility index (Phi) is 7.12. The summed E-state index contributed by atoms with van der Waals surface area (Å²) in [6.45, 7) is 4.52. The lowest BCUT2D eigenvalue weighted by atomic mass is 9.96. The van der Waals surface area contributed by atoms with Crippen molar-refractivity contribution in [1.29, 1.82) is 0 Å². The fourth-order valence-electron chi connectivity index (χ4n) is 4.35. The van der Waals surface area contributed by atoms with E-state index in [4.69, 9.17) is 0 Å². The van der Waals surface area contributed by atoms with Crippen LogP contribution in [0, 0.1) is 5.92 Å². The topological polar surface area (TPSA) is 69.7 Å². The monoisotopic (exact) mass is 407 g/mol. The maximum absolute atomic E-state index is 12.9. The second kappa shape index (κ2) is 9.37. The normalized spacial score (nSPS) is 22.3. The van der Waals surface area contributed by atoms with Gasteiger partial charge in [0.1, 0.15) is 0 Å². The molecule has 0 radical (unpaired) electrons. The predicted molar refractivity (Wildman–Crippen MR) is 112 cm³/mol. The third kappa shape index (κ3) is 5.33. The van der Waals surface area contributed by atoms with Crippen LogP contribution in [0.5, 0.6) is 0 Å². The van der Waals surface area contributed by atoms with Crippen molar-refractivity contribution in [2.45, 2.75) is 62.8 Å². The van der Waals surface area contributed by atoms with Gasteiger partial charge >= 0.3 is 0 Å². The second-order valence-corrected chi connectivity index (χ2v) is 10.4. The van der Waals surface area contributed by atoms with Crippen LogP contribution in [0.2, 0.25) is 0 Å². The molecule has 3 rings (SSSR count). The molecule has 0 spiro atoms. The van der Waals surface area contributed by atoms with Crippen molar-refractivity contribution in [3.63, 3.8) is 0 Å². The molecule has 1 saturated carbocycles. The van der Waals surface area contributed by atoms with Crippen molar-refractivity contribution in [3.8, 4) is 0 Å². The van der Waals surface area contributed by atoms with Crippen LogP contribution in [-0.4, -0.2) is 56.3 Å². The molecule has 28 heavy (non-hydrogen) atoms. The molecule has 0 aromatic heterocycles. The van der Waals surface area contributed by atoms with Crippen LogP contribution in [0.4, 0.5) is 5.69 Å². The summed E-state index contributed by atoms with van der Waals surface area (Å²) in [6.07, 6.45) is 7.59. The largest absolute Gasteiger partial charge is 0.325 e. The lowest BCUT2D eigenvalue weighted by Crippen LogP contribution is -2.39. The fraction of sp³-hybridized carbons (Fsp3) is 0.667. The lowest BCUT2D eigenvalue weighted by molar-refractivity contribution is -0.117. The van der Waals surface area contributed by atoms with E-state index in [9.17, 15) is 13.2 Å². The second-order valence-electron chi connectivity index (χ2n) is 8.37. The highest BCUT2D eigenvalue weighted by Gasteiger charge is 2.29. The van der Waals surface area contributed by atoms with Gasteiger partial charge in [-0.2, -0.15) is 4.31 Å². The number of carbonyl (C=O) groups is 1. The number of sulfonamides is 1. The van der Waals surface area contributed by atoms with Gasteiger partial charge in [0.15, 0.2) is 0 Å². The Morgan fingerprint density at radius 2 is 1.79 bits per heavy atom. The Morgan fingerprint density at radius 1 is 1.11 bits per heavy atom. The number of benzene rings is 1. The van der Waals surface area contributed by atoms with Gasteiger partial charge in [-0.15, -0.1) is 0 Å². The summed E-state index contributed by atoms with van der Waals surface area (Å²) in [5.41, 5.74) is 0.634. The molecule has 1 heterocycles. The van der Waals surface area contributed by atoms with Crippen LogP contribution in [0.15, 0.2) is 29.2 Å². The smallest absolute Gasteiger partial charge is 0.243 e. The SMILES string of the molecule is CC1CCCN(CC(=O)Nc2ccc(S(=O)(=O)N(C)C3CCCCC3)cc2)C1. The number of nitrogens with zero attached hydrogens (tertiary/aromatic N) is 2. The first-order valence-electron chi connectivity index (χ1n) is 10.5. The predicted octanol–water partition coefficient (Wildman–Crippen LogP) is 3.31. The van der Waals surface area contributed by atoms with Gasteiger partial charge in [0.25, 0.3) is 0 Å². The first kappa shape index (κ1) is 21.3. The molecule has 2 fully saturated rings. The molecule has 1 aliphatic carbocycles. The molecule has 156 valence electrons. The van der Waals surface area contributed by atoms with Crippen LogP contribution in [0.1, 0.15) is 51.9 Å². The number of anilines is 1. The summed E-state index contributed by atoms with van der Waals surface area (Å²) in [6, 6.07) is 6.63. The van der Waals surface area contributed by atoms with E-state index >= 15 is 0 Å². The maximum Gasteiger partial charge on any atom is 0.243 e. The van der Waals surface area contributed by atoms with Crippen molar-refractivity contribution in [2.75, 3.05) is 32.0 Å². The molecule has 1 N–H and O–H groups in total. The van der Waals surface area contributed by atoms with Crippen molar-refractivity contribution in [3.05, 3.63) is 24.3 Å². The fourth-order valence-corrected chi connectivity index (χ4v) is 5.77. The molecule has 1 aliphatic heterocycles. The Labute approximate surface area is 169 Å². The van der Waals surface area contributed by atoms with Gasteiger partial charge < -0.3 is 5.32 Å². The first-order valence-corrected chi connectivity index (χ1v) is 11.9. The Hall–Kier alpha value is -1.44. The number of likely N-dealkylation sites (tertiary alicyclic amines) is 1. The van der Waals surface area contributed by atoms with E-state index in [2.05, 4.69) is 17.1 Å². The summed E-state index contributed by atoms with van der Waals surface area (Å²) in [5, 5.41) is 2.89. The number of carbonyl (C=O) groups excluding carboxylic acids is 1. The van der Waals surface area contributed by atoms with Crippen LogP contribution in [-0.2, 0) is 14.8 Å². The average Bonchev–Trinajstić information content (AvgIpc) is 2.68. The summed E-state index contributed by atoms with van der Waals surface area (Å²) in [4.78, 5) is 14.8. The molecule has 2 aliphatic rings. The van der Waals surface area contributed by atoms with Crippen molar-refractivity contribution in [1.82, 2.24) is 9.21 Å². The summed E-state index contributed by atoms with van der Waals surface area (Å²) in [7, 11) is -1.82. The number of nitrogens with one attached hydrogen (secondary N) is 1. The van der Waals surface area contributed by atoms with Crippen LogP contribution < -0.4 is 5.32 Å². The number of amides is 1. The van der Waals surface area contributed by atoms with Gasteiger partial charge in [0.05, 0.1) is 11.4 Å². The highest BCUT2D eigenvalue weighted by molar-refractivity contribution is 7.89. The molecular weight excluding hydrogens is 374 g/mol. The van der Waals surface area contributed by atoms with Crippen molar-refractivity contribution in [2.24, 2.45) is 5.92 Å². The Morgan fingerprint density at radius 3 is 2.43 bits per heavy atom. The zero-order valence-electron chi connectivity index (χ0n) is 17.1. The summed E-state index contributed by atoms with van der Waals surface area (Å²) in [5.74, 6) is 0.580. The van der Waals surface area contributed by atoms with Gasteiger partial charge in [-0.1, -0.05) is 26.2 Å². The zero-order valence-corrected chi connectivity index (χ0v) is 17.9. The maximum atomic E-state index is 12.9. The molecule has 0 bridgehead atoms. The molecule has 1 amide bonds. The summed E-state index contributed by atoms with van der Waals surface area (Å²) < 4.78 is 27.3. The van der Waals surface area contributed by atoms with E-state index in [1.165, 1.54) is 17.1 Å². The van der Waals surface area contributed by atoms with E-state index in [1.807, 2.05) is 0 Å². The van der Waals surface area contributed by atoms with Gasteiger partial charge in [-0.05, 0) is 62.4 Å². The van der Waals surface area contributed by atoms with Gasteiger partial charge in [-0.25, -0.2) is 8.42 Å². The highest BCUT2D eigenvalue weighted by atomic mass is 32.2. The highest BCUT2D eigenvalue weighted by Crippen LogP contribution is 2.27.